The summed E-state index contributed by atoms with van der Waals surface area (Å²) in [7, 11) is 0. The van der Waals surface area contributed by atoms with Crippen LogP contribution in [0.1, 0.15) is 29.7 Å². The van der Waals surface area contributed by atoms with Crippen molar-refractivity contribution < 1.29 is 9.59 Å². The first-order chi connectivity index (χ1) is 13.0. The standard InChI is InChI=1S/C18H19N5O3S/c1-3-15(24)20-21-16(25)8-14-12-6-4-5-7-13(12)18(26)23(22-14)9-17-19-11(2)10-27-17/h4-7,10H,3,8-9H2,1-2H3,(H,20,24)(H,21,25). The lowest BCUT2D eigenvalue weighted by Gasteiger charge is -2.11. The zero-order valence-corrected chi connectivity index (χ0v) is 15.8. The number of hydrogen-bond acceptors (Lipinski definition) is 6. The van der Waals surface area contributed by atoms with Gasteiger partial charge in [0.25, 0.3) is 5.56 Å². The fraction of sp³-hybridized carbons (Fsp3) is 0.278. The van der Waals surface area contributed by atoms with Gasteiger partial charge < -0.3 is 0 Å². The molecule has 0 spiro atoms. The zero-order valence-electron chi connectivity index (χ0n) is 15.0. The number of rotatable bonds is 5. The molecule has 2 aromatic heterocycles. The molecule has 2 N–H and O–H groups in total. The normalized spacial score (nSPS) is 10.7. The Labute approximate surface area is 159 Å². The van der Waals surface area contributed by atoms with Crippen molar-refractivity contribution in [1.29, 1.82) is 0 Å². The topological polar surface area (TPSA) is 106 Å². The van der Waals surface area contributed by atoms with Crippen molar-refractivity contribution in [3.05, 3.63) is 56.4 Å². The summed E-state index contributed by atoms with van der Waals surface area (Å²) in [6.45, 7) is 3.81. The Balaban J connectivity index is 1.93. The van der Waals surface area contributed by atoms with E-state index in [1.54, 1.807) is 31.2 Å². The van der Waals surface area contributed by atoms with Gasteiger partial charge in [-0.15, -0.1) is 11.3 Å². The maximum absolute atomic E-state index is 12.8. The molecule has 3 aromatic rings. The zero-order chi connectivity index (χ0) is 19.4. The highest BCUT2D eigenvalue weighted by molar-refractivity contribution is 7.09. The molecule has 9 heteroatoms. The molecule has 0 aliphatic carbocycles. The van der Waals surface area contributed by atoms with Gasteiger partial charge in [-0.25, -0.2) is 9.67 Å². The number of benzene rings is 1. The minimum atomic E-state index is -0.412. The smallest absolute Gasteiger partial charge is 0.273 e. The molecule has 0 saturated carbocycles. The first-order valence-electron chi connectivity index (χ1n) is 8.45. The summed E-state index contributed by atoms with van der Waals surface area (Å²) in [4.78, 5) is 40.6. The Kier molecular flexibility index (Phi) is 5.60. The Morgan fingerprint density at radius 3 is 2.52 bits per heavy atom. The highest BCUT2D eigenvalue weighted by atomic mass is 32.1. The number of amides is 2. The summed E-state index contributed by atoms with van der Waals surface area (Å²) < 4.78 is 1.33. The Hall–Kier alpha value is -3.07. The van der Waals surface area contributed by atoms with Crippen LogP contribution < -0.4 is 16.4 Å². The Bertz CT molecular complexity index is 1060. The molecule has 1 aromatic carbocycles. The van der Waals surface area contributed by atoms with Gasteiger partial charge in [0.2, 0.25) is 11.8 Å². The molecule has 0 fully saturated rings. The van der Waals surface area contributed by atoms with E-state index in [0.717, 1.165) is 10.7 Å². The van der Waals surface area contributed by atoms with E-state index in [0.29, 0.717) is 16.5 Å². The van der Waals surface area contributed by atoms with Crippen LogP contribution in [0.4, 0.5) is 0 Å². The van der Waals surface area contributed by atoms with Gasteiger partial charge >= 0.3 is 0 Å². The van der Waals surface area contributed by atoms with Crippen LogP contribution in [0.2, 0.25) is 0 Å². The van der Waals surface area contributed by atoms with E-state index >= 15 is 0 Å². The van der Waals surface area contributed by atoms with Gasteiger partial charge in [-0.3, -0.25) is 25.2 Å². The molecule has 0 saturated heterocycles. The van der Waals surface area contributed by atoms with Crippen LogP contribution in [0, 0.1) is 6.92 Å². The van der Waals surface area contributed by atoms with Gasteiger partial charge in [0.15, 0.2) is 0 Å². The van der Waals surface area contributed by atoms with E-state index < -0.39 is 5.91 Å². The molecule has 0 radical (unpaired) electrons. The van der Waals surface area contributed by atoms with Gasteiger partial charge in [0.05, 0.1) is 24.0 Å². The number of hydrogen-bond donors (Lipinski definition) is 2. The minimum absolute atomic E-state index is 0.0678. The highest BCUT2D eigenvalue weighted by Crippen LogP contribution is 2.15. The number of hydrazine groups is 1. The van der Waals surface area contributed by atoms with E-state index in [2.05, 4.69) is 20.9 Å². The number of aromatic nitrogens is 3. The third-order valence-electron chi connectivity index (χ3n) is 3.89. The van der Waals surface area contributed by atoms with E-state index in [-0.39, 0.29) is 30.9 Å². The lowest BCUT2D eigenvalue weighted by molar-refractivity contribution is -0.128. The van der Waals surface area contributed by atoms with Crippen LogP contribution in [0.3, 0.4) is 0 Å². The Morgan fingerprint density at radius 2 is 1.85 bits per heavy atom. The van der Waals surface area contributed by atoms with E-state index in [9.17, 15) is 14.4 Å². The van der Waals surface area contributed by atoms with Crippen molar-refractivity contribution in [1.82, 2.24) is 25.6 Å². The number of carbonyl (C=O) groups is 2. The first kappa shape index (κ1) is 18.7. The average Bonchev–Trinajstić information content (AvgIpc) is 3.08. The van der Waals surface area contributed by atoms with Crippen molar-refractivity contribution >= 4 is 33.9 Å². The molecule has 0 aliphatic heterocycles. The van der Waals surface area contributed by atoms with Crippen molar-refractivity contribution in [3.63, 3.8) is 0 Å². The summed E-state index contributed by atoms with van der Waals surface area (Å²) in [5, 5.41) is 8.17. The molecule has 0 bridgehead atoms. The van der Waals surface area contributed by atoms with Gasteiger partial charge in [0.1, 0.15) is 5.01 Å². The summed E-state index contributed by atoms with van der Waals surface area (Å²) >= 11 is 1.45. The molecule has 8 nitrogen and oxygen atoms in total. The van der Waals surface area contributed by atoms with E-state index in [4.69, 9.17) is 0 Å². The SMILES string of the molecule is CCC(=O)NNC(=O)Cc1nn(Cc2nc(C)cs2)c(=O)c2ccccc12. The van der Waals surface area contributed by atoms with Crippen LogP contribution in [0.5, 0.6) is 0 Å². The second-order valence-corrected chi connectivity index (χ2v) is 6.91. The maximum Gasteiger partial charge on any atom is 0.275 e. The molecule has 2 heterocycles. The first-order valence-corrected chi connectivity index (χ1v) is 9.33. The van der Waals surface area contributed by atoms with Crippen LogP contribution in [0.15, 0.2) is 34.4 Å². The Morgan fingerprint density at radius 1 is 1.15 bits per heavy atom. The van der Waals surface area contributed by atoms with Crippen LogP contribution >= 0.6 is 11.3 Å². The van der Waals surface area contributed by atoms with Crippen molar-refractivity contribution in [3.8, 4) is 0 Å². The highest BCUT2D eigenvalue weighted by Gasteiger charge is 2.15. The van der Waals surface area contributed by atoms with E-state index in [1.807, 2.05) is 12.3 Å². The molecular formula is C18H19N5O3S. The number of thiazole rings is 1. The van der Waals surface area contributed by atoms with Crippen LogP contribution in [-0.4, -0.2) is 26.6 Å². The molecule has 2 amide bonds. The van der Waals surface area contributed by atoms with Crippen molar-refractivity contribution in [2.75, 3.05) is 0 Å². The molecule has 0 unspecified atom stereocenters. The quantitative estimate of drug-likeness (QED) is 0.644. The minimum Gasteiger partial charge on any atom is -0.273 e. The lowest BCUT2D eigenvalue weighted by atomic mass is 10.1. The largest absolute Gasteiger partial charge is 0.275 e. The van der Waals surface area contributed by atoms with Crippen LogP contribution in [0.25, 0.3) is 10.8 Å². The lowest BCUT2D eigenvalue weighted by Crippen LogP contribution is -2.42. The predicted octanol–water partition coefficient (Wildman–Crippen LogP) is 1.31. The summed E-state index contributed by atoms with van der Waals surface area (Å²) in [6, 6.07) is 7.03. The van der Waals surface area contributed by atoms with Gasteiger partial charge in [-0.05, 0) is 13.0 Å². The predicted molar refractivity (Wildman–Crippen MR) is 102 cm³/mol. The molecule has 27 heavy (non-hydrogen) atoms. The maximum atomic E-state index is 12.8. The molecule has 3 rings (SSSR count). The summed E-state index contributed by atoms with van der Waals surface area (Å²) in [5.74, 6) is -0.699. The second kappa shape index (κ2) is 8.09. The van der Waals surface area contributed by atoms with Crippen molar-refractivity contribution in [2.45, 2.75) is 33.2 Å². The third-order valence-corrected chi connectivity index (χ3v) is 4.84. The van der Waals surface area contributed by atoms with Gasteiger partial charge in [-0.2, -0.15) is 5.10 Å². The van der Waals surface area contributed by atoms with Gasteiger partial charge in [0, 0.05) is 22.9 Å². The monoisotopic (exact) mass is 385 g/mol. The van der Waals surface area contributed by atoms with Gasteiger partial charge in [-0.1, -0.05) is 25.1 Å². The molecule has 0 aliphatic rings. The number of nitrogens with zero attached hydrogens (tertiary/aromatic N) is 3. The molecule has 0 atom stereocenters. The summed E-state index contributed by atoms with van der Waals surface area (Å²) in [5.41, 5.74) is 5.79. The number of carbonyl (C=O) groups excluding carboxylic acids is 2. The number of aryl methyl sites for hydroxylation is 1. The second-order valence-electron chi connectivity index (χ2n) is 5.96. The van der Waals surface area contributed by atoms with E-state index in [1.165, 1.54) is 16.0 Å². The third kappa shape index (κ3) is 4.37. The fourth-order valence-electron chi connectivity index (χ4n) is 2.57. The fourth-order valence-corrected chi connectivity index (χ4v) is 3.32. The van der Waals surface area contributed by atoms with Crippen LogP contribution in [-0.2, 0) is 22.6 Å². The molecular weight excluding hydrogens is 366 g/mol. The molecule has 140 valence electrons. The number of nitrogens with one attached hydrogen (secondary N) is 2. The summed E-state index contributed by atoms with van der Waals surface area (Å²) in [6.07, 6.45) is 0.196. The average molecular weight is 385 g/mol. The number of fused-ring (bicyclic) bond motifs is 1. The van der Waals surface area contributed by atoms with Crippen molar-refractivity contribution in [2.24, 2.45) is 0 Å².